The Kier molecular flexibility index (Phi) is 13.3. The monoisotopic (exact) mass is 149 g/mol. The molecule has 0 saturated heterocycles. The van der Waals surface area contributed by atoms with Crippen LogP contribution in [0.1, 0.15) is 13.8 Å². The van der Waals surface area contributed by atoms with Crippen molar-refractivity contribution in [3.8, 4) is 0 Å². The largest absolute Gasteiger partial charge is 0.453 e. The highest BCUT2D eigenvalue weighted by Gasteiger charge is 1.76. The topological polar surface area (TPSA) is 61.6 Å². The highest BCUT2D eigenvalue weighted by Crippen LogP contribution is 1.64. The Bertz CT molecular complexity index is 73.4. The van der Waals surface area contributed by atoms with E-state index in [0.29, 0.717) is 0 Å². The molecule has 0 atom stereocenters. The van der Waals surface area contributed by atoms with Crippen molar-refractivity contribution in [2.75, 3.05) is 20.3 Å². The third-order valence-electron chi connectivity index (χ3n) is 0.609. The van der Waals surface area contributed by atoms with E-state index in [0.717, 1.165) is 13.2 Å². The van der Waals surface area contributed by atoms with Crippen LogP contribution in [0.3, 0.4) is 0 Å². The third kappa shape index (κ3) is 26.9. The van der Waals surface area contributed by atoms with Gasteiger partial charge in [-0.2, -0.15) is 0 Å². The van der Waals surface area contributed by atoms with Gasteiger partial charge in [0.25, 0.3) is 0 Å². The molecule has 4 heteroatoms. The average molecular weight is 149 g/mol. The van der Waals surface area contributed by atoms with E-state index < -0.39 is 6.09 Å². The quantitative estimate of drug-likeness (QED) is 0.630. The molecule has 0 fully saturated rings. The van der Waals surface area contributed by atoms with Crippen LogP contribution in [0.5, 0.6) is 0 Å². The molecule has 0 radical (unpaired) electrons. The van der Waals surface area contributed by atoms with Gasteiger partial charge in [0.15, 0.2) is 0 Å². The van der Waals surface area contributed by atoms with Gasteiger partial charge in [-0.25, -0.2) is 4.79 Å². The number of carbonyl (C=O) groups is 1. The van der Waals surface area contributed by atoms with Crippen molar-refractivity contribution in [3.05, 3.63) is 0 Å². The van der Waals surface area contributed by atoms with Crippen LogP contribution in [-0.2, 0) is 9.47 Å². The predicted octanol–water partition coefficient (Wildman–Crippen LogP) is 0.754. The second-order valence-corrected chi connectivity index (χ2v) is 1.30. The first-order valence-electron chi connectivity index (χ1n) is 3.10. The van der Waals surface area contributed by atoms with Gasteiger partial charge in [0.1, 0.15) is 0 Å². The molecular weight excluding hydrogens is 134 g/mol. The summed E-state index contributed by atoms with van der Waals surface area (Å²) in [6.45, 7) is 5.67. The molecular formula is C6H15NO3. The number of hydrogen-bond donors (Lipinski definition) is 1. The van der Waals surface area contributed by atoms with Crippen molar-refractivity contribution in [3.63, 3.8) is 0 Å². The first kappa shape index (κ1) is 12.0. The average Bonchev–Trinajstić information content (AvgIpc) is 1.91. The zero-order valence-corrected chi connectivity index (χ0v) is 6.72. The maximum absolute atomic E-state index is 9.37. The van der Waals surface area contributed by atoms with Gasteiger partial charge in [0.2, 0.25) is 0 Å². The maximum atomic E-state index is 9.37. The summed E-state index contributed by atoms with van der Waals surface area (Å²) in [5, 5.41) is 0. The molecule has 2 N–H and O–H groups in total. The second kappa shape index (κ2) is 11.1. The molecule has 0 aromatic rings. The summed E-state index contributed by atoms with van der Waals surface area (Å²) < 4.78 is 8.72. The lowest BCUT2D eigenvalue weighted by Gasteiger charge is -1.86. The Labute approximate surface area is 61.3 Å². The summed E-state index contributed by atoms with van der Waals surface area (Å²) in [4.78, 5) is 9.37. The Morgan fingerprint density at radius 2 is 1.70 bits per heavy atom. The number of amides is 1. The van der Waals surface area contributed by atoms with Crippen molar-refractivity contribution in [1.82, 2.24) is 0 Å². The molecule has 1 amide bonds. The molecule has 4 nitrogen and oxygen atoms in total. The zero-order valence-electron chi connectivity index (χ0n) is 6.72. The fourth-order valence-electron chi connectivity index (χ4n) is 0.204. The van der Waals surface area contributed by atoms with Gasteiger partial charge >= 0.3 is 6.09 Å². The molecule has 0 aliphatic rings. The Morgan fingerprint density at radius 1 is 1.40 bits per heavy atom. The minimum Gasteiger partial charge on any atom is -0.453 e. The van der Waals surface area contributed by atoms with Crippen LogP contribution in [0.2, 0.25) is 0 Å². The van der Waals surface area contributed by atoms with Crippen molar-refractivity contribution < 1.29 is 14.3 Å². The minimum atomic E-state index is -0.745. The van der Waals surface area contributed by atoms with E-state index in [1.54, 1.807) is 0 Å². The van der Waals surface area contributed by atoms with Crippen LogP contribution in [0, 0.1) is 0 Å². The smallest absolute Gasteiger partial charge is 0.404 e. The number of primary amides is 1. The van der Waals surface area contributed by atoms with Crippen LogP contribution in [-0.4, -0.2) is 26.4 Å². The van der Waals surface area contributed by atoms with Gasteiger partial charge in [-0.05, 0) is 13.8 Å². The second-order valence-electron chi connectivity index (χ2n) is 1.30. The van der Waals surface area contributed by atoms with E-state index in [2.05, 4.69) is 10.5 Å². The van der Waals surface area contributed by atoms with Gasteiger partial charge in [0.05, 0.1) is 7.11 Å². The van der Waals surface area contributed by atoms with E-state index in [9.17, 15) is 4.79 Å². The Hall–Kier alpha value is -0.770. The molecule has 0 aromatic heterocycles. The van der Waals surface area contributed by atoms with Gasteiger partial charge in [0, 0.05) is 13.2 Å². The summed E-state index contributed by atoms with van der Waals surface area (Å²) in [6, 6.07) is 0. The van der Waals surface area contributed by atoms with Crippen LogP contribution >= 0.6 is 0 Å². The van der Waals surface area contributed by atoms with E-state index in [1.807, 2.05) is 13.8 Å². The lowest BCUT2D eigenvalue weighted by atomic mass is 10.8. The maximum Gasteiger partial charge on any atom is 0.404 e. The van der Waals surface area contributed by atoms with E-state index >= 15 is 0 Å². The van der Waals surface area contributed by atoms with Crippen molar-refractivity contribution in [2.45, 2.75) is 13.8 Å². The van der Waals surface area contributed by atoms with E-state index in [-0.39, 0.29) is 0 Å². The Balaban J connectivity index is 0. The Morgan fingerprint density at radius 3 is 1.70 bits per heavy atom. The lowest BCUT2D eigenvalue weighted by molar-refractivity contribution is 0.162. The predicted molar refractivity (Wildman–Crippen MR) is 38.8 cm³/mol. The first-order chi connectivity index (χ1) is 4.68. The number of rotatable bonds is 2. The van der Waals surface area contributed by atoms with E-state index in [4.69, 9.17) is 4.74 Å². The zero-order chi connectivity index (χ0) is 8.41. The molecule has 0 bridgehead atoms. The minimum absolute atomic E-state index is 0.745. The summed E-state index contributed by atoms with van der Waals surface area (Å²) in [5.41, 5.74) is 4.43. The number of ether oxygens (including phenoxy) is 2. The highest BCUT2D eigenvalue weighted by atomic mass is 16.5. The van der Waals surface area contributed by atoms with Crippen molar-refractivity contribution in [2.24, 2.45) is 5.73 Å². The molecule has 62 valence electrons. The van der Waals surface area contributed by atoms with Gasteiger partial charge in [-0.1, -0.05) is 0 Å². The number of hydrogen-bond acceptors (Lipinski definition) is 3. The van der Waals surface area contributed by atoms with Crippen LogP contribution in [0.25, 0.3) is 0 Å². The van der Waals surface area contributed by atoms with Crippen molar-refractivity contribution >= 4 is 6.09 Å². The summed E-state index contributed by atoms with van der Waals surface area (Å²) in [6.07, 6.45) is -0.745. The van der Waals surface area contributed by atoms with Crippen LogP contribution < -0.4 is 5.73 Å². The van der Waals surface area contributed by atoms with Crippen LogP contribution in [0.4, 0.5) is 4.79 Å². The third-order valence-corrected chi connectivity index (χ3v) is 0.609. The number of carbonyl (C=O) groups excluding carboxylic acids is 1. The van der Waals surface area contributed by atoms with Gasteiger partial charge in [-0.15, -0.1) is 0 Å². The summed E-state index contributed by atoms with van der Waals surface area (Å²) in [5.74, 6) is 0. The fraction of sp³-hybridized carbons (Fsp3) is 0.833. The summed E-state index contributed by atoms with van der Waals surface area (Å²) in [7, 11) is 1.22. The fourth-order valence-corrected chi connectivity index (χ4v) is 0.204. The normalized spacial score (nSPS) is 7.50. The first-order valence-corrected chi connectivity index (χ1v) is 3.10. The summed E-state index contributed by atoms with van der Waals surface area (Å²) >= 11 is 0. The lowest BCUT2D eigenvalue weighted by Crippen LogP contribution is -2.08. The molecule has 0 unspecified atom stereocenters. The standard InChI is InChI=1S/C4H10O.C2H5NO2/c1-3-5-4-2;1-5-2(3)4/h3-4H2,1-2H3;1H3,(H2,3,4). The van der Waals surface area contributed by atoms with Gasteiger partial charge < -0.3 is 15.2 Å². The highest BCUT2D eigenvalue weighted by molar-refractivity contribution is 5.64. The van der Waals surface area contributed by atoms with Gasteiger partial charge in [-0.3, -0.25) is 0 Å². The molecule has 0 saturated carbocycles. The molecule has 0 spiro atoms. The molecule has 0 aliphatic heterocycles. The molecule has 10 heavy (non-hydrogen) atoms. The van der Waals surface area contributed by atoms with Crippen molar-refractivity contribution in [1.29, 1.82) is 0 Å². The van der Waals surface area contributed by atoms with E-state index in [1.165, 1.54) is 7.11 Å². The molecule has 0 heterocycles. The molecule has 0 aliphatic carbocycles. The SMILES string of the molecule is CCOCC.COC(N)=O. The molecule has 0 aromatic carbocycles. The number of methoxy groups -OCH3 is 1. The number of nitrogens with two attached hydrogens (primary N) is 1. The van der Waals surface area contributed by atoms with Crippen LogP contribution in [0.15, 0.2) is 0 Å². The molecule has 0 rings (SSSR count).